The van der Waals surface area contributed by atoms with E-state index >= 15 is 0 Å². The number of hydrogen-bond acceptors (Lipinski definition) is 4. The van der Waals surface area contributed by atoms with Crippen LogP contribution in [0.25, 0.3) is 0 Å². The summed E-state index contributed by atoms with van der Waals surface area (Å²) in [5.41, 5.74) is 4.87. The van der Waals surface area contributed by atoms with E-state index in [1.54, 1.807) is 0 Å². The fourth-order valence-corrected chi connectivity index (χ4v) is 2.59. The lowest BCUT2D eigenvalue weighted by molar-refractivity contribution is -0.161. The average molecular weight is 266 g/mol. The molecule has 1 saturated carbocycles. The Kier molecular flexibility index (Phi) is 4.98. The Morgan fingerprint density at radius 2 is 2.05 bits per heavy atom. The fraction of sp³-hybridized carbons (Fsp3) is 0.867. The molecular weight excluding hydrogens is 240 g/mol. The number of rotatable bonds is 2. The van der Waals surface area contributed by atoms with Gasteiger partial charge in [-0.2, -0.15) is 5.26 Å². The van der Waals surface area contributed by atoms with Crippen molar-refractivity contribution < 1.29 is 9.53 Å². The number of ether oxygens (including phenoxy) is 1. The third kappa shape index (κ3) is 4.83. The van der Waals surface area contributed by atoms with E-state index in [4.69, 9.17) is 15.7 Å². The summed E-state index contributed by atoms with van der Waals surface area (Å²) in [6.45, 7) is 7.57. The molecule has 1 aliphatic rings. The van der Waals surface area contributed by atoms with E-state index < -0.39 is 11.1 Å². The summed E-state index contributed by atoms with van der Waals surface area (Å²) in [5.74, 6) is 0.00729. The lowest BCUT2D eigenvalue weighted by Gasteiger charge is -2.26. The first kappa shape index (κ1) is 16.0. The highest BCUT2D eigenvalue weighted by molar-refractivity contribution is 5.72. The molecule has 3 unspecified atom stereocenters. The first-order valence-corrected chi connectivity index (χ1v) is 7.10. The molecule has 4 nitrogen and oxygen atoms in total. The highest BCUT2D eigenvalue weighted by Gasteiger charge is 2.34. The summed E-state index contributed by atoms with van der Waals surface area (Å²) in [4.78, 5) is 12.1. The molecule has 1 aliphatic carbocycles. The predicted octanol–water partition coefficient (Wildman–Crippen LogP) is 2.77. The van der Waals surface area contributed by atoms with Crippen molar-refractivity contribution in [3.05, 3.63) is 0 Å². The van der Waals surface area contributed by atoms with Gasteiger partial charge < -0.3 is 10.5 Å². The molecule has 1 rings (SSSR count). The van der Waals surface area contributed by atoms with E-state index in [1.807, 2.05) is 27.7 Å². The molecule has 1 fully saturated rings. The van der Waals surface area contributed by atoms with E-state index in [-0.39, 0.29) is 17.8 Å². The highest BCUT2D eigenvalue weighted by Crippen LogP contribution is 2.33. The molecule has 0 aromatic heterocycles. The number of nitrogens with zero attached hydrogens (tertiary/aromatic N) is 1. The maximum atomic E-state index is 12.1. The summed E-state index contributed by atoms with van der Waals surface area (Å²) >= 11 is 0. The van der Waals surface area contributed by atoms with Crippen molar-refractivity contribution >= 4 is 5.97 Å². The zero-order valence-corrected chi connectivity index (χ0v) is 12.5. The zero-order chi connectivity index (χ0) is 14.7. The van der Waals surface area contributed by atoms with Crippen LogP contribution in [0.4, 0.5) is 0 Å². The molecule has 3 atom stereocenters. The molecule has 0 bridgehead atoms. The van der Waals surface area contributed by atoms with Gasteiger partial charge >= 0.3 is 5.97 Å². The van der Waals surface area contributed by atoms with Crippen LogP contribution in [0, 0.1) is 23.2 Å². The van der Waals surface area contributed by atoms with Crippen molar-refractivity contribution in [3.63, 3.8) is 0 Å². The van der Waals surface area contributed by atoms with Gasteiger partial charge in [-0.1, -0.05) is 13.3 Å². The maximum Gasteiger partial charge on any atom is 0.309 e. The van der Waals surface area contributed by atoms with Crippen LogP contribution in [0.2, 0.25) is 0 Å². The van der Waals surface area contributed by atoms with Crippen molar-refractivity contribution in [1.82, 2.24) is 0 Å². The fourth-order valence-electron chi connectivity index (χ4n) is 2.59. The van der Waals surface area contributed by atoms with Gasteiger partial charge in [0.1, 0.15) is 11.1 Å². The quantitative estimate of drug-likeness (QED) is 0.616. The Labute approximate surface area is 116 Å². The van der Waals surface area contributed by atoms with Gasteiger partial charge in [0.05, 0.1) is 12.0 Å². The molecule has 108 valence electrons. The van der Waals surface area contributed by atoms with Crippen LogP contribution < -0.4 is 5.73 Å². The van der Waals surface area contributed by atoms with Crippen LogP contribution in [0.5, 0.6) is 0 Å². The molecule has 0 amide bonds. The monoisotopic (exact) mass is 266 g/mol. The van der Waals surface area contributed by atoms with Crippen LogP contribution >= 0.6 is 0 Å². The second kappa shape index (κ2) is 5.92. The number of esters is 1. The molecule has 19 heavy (non-hydrogen) atoms. The van der Waals surface area contributed by atoms with Gasteiger partial charge in [0, 0.05) is 0 Å². The Morgan fingerprint density at radius 3 is 2.58 bits per heavy atom. The van der Waals surface area contributed by atoms with Crippen LogP contribution in [0.15, 0.2) is 0 Å². The standard InChI is InChI=1S/C15H26N2O2/c1-11(13(18)19-14(2,3)4)12-6-5-8-15(17,10-16)9-7-12/h11-12H,5-9,17H2,1-4H3. The SMILES string of the molecule is CC(C(=O)OC(C)(C)C)C1CCCC(N)(C#N)CC1. The average Bonchev–Trinajstić information content (AvgIpc) is 2.49. The Balaban J connectivity index is 2.61. The van der Waals surface area contributed by atoms with Crippen molar-refractivity contribution in [2.24, 2.45) is 17.6 Å². The van der Waals surface area contributed by atoms with Gasteiger partial charge in [-0.15, -0.1) is 0 Å². The lowest BCUT2D eigenvalue weighted by Crippen LogP contribution is -2.37. The van der Waals surface area contributed by atoms with E-state index in [0.717, 1.165) is 25.7 Å². The van der Waals surface area contributed by atoms with E-state index in [9.17, 15) is 4.79 Å². The van der Waals surface area contributed by atoms with Crippen LogP contribution in [-0.4, -0.2) is 17.1 Å². The number of nitrogens with two attached hydrogens (primary N) is 1. The Hall–Kier alpha value is -1.08. The normalized spacial score (nSPS) is 30.0. The largest absolute Gasteiger partial charge is 0.460 e. The van der Waals surface area contributed by atoms with Gasteiger partial charge in [-0.05, 0) is 52.4 Å². The number of hydrogen-bond donors (Lipinski definition) is 1. The van der Waals surface area contributed by atoms with Crippen LogP contribution in [-0.2, 0) is 9.53 Å². The maximum absolute atomic E-state index is 12.1. The molecule has 0 aromatic carbocycles. The first-order valence-electron chi connectivity index (χ1n) is 7.10. The summed E-state index contributed by atoms with van der Waals surface area (Å²) in [6.07, 6.45) is 4.07. The van der Waals surface area contributed by atoms with Crippen LogP contribution in [0.1, 0.15) is 59.8 Å². The Morgan fingerprint density at radius 1 is 1.42 bits per heavy atom. The van der Waals surface area contributed by atoms with Crippen molar-refractivity contribution in [2.45, 2.75) is 70.9 Å². The highest BCUT2D eigenvalue weighted by atomic mass is 16.6. The van der Waals surface area contributed by atoms with E-state index in [2.05, 4.69) is 6.07 Å². The number of nitriles is 1. The molecule has 0 radical (unpaired) electrons. The third-order valence-electron chi connectivity index (χ3n) is 3.87. The minimum absolute atomic E-state index is 0.125. The molecule has 0 heterocycles. The van der Waals surface area contributed by atoms with Crippen molar-refractivity contribution in [1.29, 1.82) is 5.26 Å². The molecular formula is C15H26N2O2. The molecule has 4 heteroatoms. The Bertz CT molecular complexity index is 367. The van der Waals surface area contributed by atoms with Gasteiger partial charge in [0.15, 0.2) is 0 Å². The number of carbonyl (C=O) groups is 1. The predicted molar refractivity (Wildman–Crippen MR) is 74.1 cm³/mol. The first-order chi connectivity index (χ1) is 8.67. The topological polar surface area (TPSA) is 76.1 Å². The third-order valence-corrected chi connectivity index (χ3v) is 3.87. The number of carbonyl (C=O) groups excluding carboxylic acids is 1. The zero-order valence-electron chi connectivity index (χ0n) is 12.5. The summed E-state index contributed by atoms with van der Waals surface area (Å²) in [7, 11) is 0. The van der Waals surface area contributed by atoms with E-state index in [1.165, 1.54) is 0 Å². The van der Waals surface area contributed by atoms with Gasteiger partial charge in [-0.3, -0.25) is 4.79 Å². The molecule has 0 saturated heterocycles. The van der Waals surface area contributed by atoms with Gasteiger partial charge in [0.2, 0.25) is 0 Å². The van der Waals surface area contributed by atoms with Gasteiger partial charge in [0.25, 0.3) is 0 Å². The van der Waals surface area contributed by atoms with E-state index in [0.29, 0.717) is 6.42 Å². The lowest BCUT2D eigenvalue weighted by atomic mass is 9.86. The molecule has 2 N–H and O–H groups in total. The molecule has 0 spiro atoms. The molecule has 0 aliphatic heterocycles. The van der Waals surface area contributed by atoms with Crippen molar-refractivity contribution in [3.8, 4) is 6.07 Å². The summed E-state index contributed by atoms with van der Waals surface area (Å²) in [5, 5.41) is 9.10. The van der Waals surface area contributed by atoms with Crippen molar-refractivity contribution in [2.75, 3.05) is 0 Å². The van der Waals surface area contributed by atoms with Crippen LogP contribution in [0.3, 0.4) is 0 Å². The second-order valence-corrected chi connectivity index (χ2v) is 6.78. The smallest absolute Gasteiger partial charge is 0.309 e. The summed E-state index contributed by atoms with van der Waals surface area (Å²) in [6, 6.07) is 2.21. The molecule has 0 aromatic rings. The van der Waals surface area contributed by atoms with Gasteiger partial charge in [-0.25, -0.2) is 0 Å². The summed E-state index contributed by atoms with van der Waals surface area (Å²) < 4.78 is 5.44. The minimum Gasteiger partial charge on any atom is -0.460 e. The second-order valence-electron chi connectivity index (χ2n) is 6.78. The minimum atomic E-state index is -0.706.